The lowest BCUT2D eigenvalue weighted by Gasteiger charge is -2.35. The number of carbonyl (C=O) groups is 2. The number of methoxy groups -OCH3 is 2. The molecule has 0 radical (unpaired) electrons. The van der Waals surface area contributed by atoms with E-state index in [0.717, 1.165) is 55.7 Å². The van der Waals surface area contributed by atoms with Gasteiger partial charge in [-0.05, 0) is 79.2 Å². The summed E-state index contributed by atoms with van der Waals surface area (Å²) < 4.78 is 16.9. The largest absolute Gasteiger partial charge is 0.497 e. The number of nitrogens with zero attached hydrogens (tertiary/aromatic N) is 4. The zero-order valence-electron chi connectivity index (χ0n) is 26.6. The molecule has 2 fully saturated rings. The van der Waals surface area contributed by atoms with Gasteiger partial charge < -0.3 is 29.1 Å². The Morgan fingerprint density at radius 2 is 1.76 bits per heavy atom. The second-order valence-electron chi connectivity index (χ2n) is 12.5. The molecule has 1 atom stereocenters. The fraction of sp³-hybridized carbons (Fsp3) is 0.486. The first-order chi connectivity index (χ1) is 21.7. The Kier molecular flexibility index (Phi) is 10.4. The molecule has 1 unspecified atom stereocenters. The summed E-state index contributed by atoms with van der Waals surface area (Å²) in [4.78, 5) is 38.4. The molecule has 5 rings (SSSR count). The van der Waals surface area contributed by atoms with Crippen LogP contribution in [0.15, 0.2) is 54.9 Å². The van der Waals surface area contributed by atoms with E-state index in [2.05, 4.69) is 28.7 Å². The summed E-state index contributed by atoms with van der Waals surface area (Å²) in [6, 6.07) is 13.1. The van der Waals surface area contributed by atoms with Gasteiger partial charge in [0.25, 0.3) is 5.91 Å². The molecule has 1 saturated heterocycles. The molecular formula is C35H44N4O6. The van der Waals surface area contributed by atoms with E-state index in [0.29, 0.717) is 48.1 Å². The van der Waals surface area contributed by atoms with Crippen LogP contribution < -0.4 is 24.0 Å². The molecule has 0 spiro atoms. The number of rotatable bonds is 14. The number of ether oxygens (including phenoxy) is 3. The summed E-state index contributed by atoms with van der Waals surface area (Å²) in [6.07, 6.45) is 7.47. The second kappa shape index (κ2) is 14.6. The molecule has 240 valence electrons. The van der Waals surface area contributed by atoms with Gasteiger partial charge in [-0.25, -0.2) is 9.97 Å². The maximum atomic E-state index is 14.1. The van der Waals surface area contributed by atoms with Crippen LogP contribution in [0.5, 0.6) is 17.5 Å². The van der Waals surface area contributed by atoms with Gasteiger partial charge in [-0.1, -0.05) is 13.8 Å². The fourth-order valence-electron chi connectivity index (χ4n) is 6.07. The van der Waals surface area contributed by atoms with Crippen LogP contribution in [0, 0.1) is 17.8 Å². The number of hydrogen-bond acceptors (Lipinski definition) is 8. The Morgan fingerprint density at radius 1 is 0.978 bits per heavy atom. The third kappa shape index (κ3) is 8.23. The number of hydrogen-bond donors (Lipinski definition) is 1. The molecule has 10 nitrogen and oxygen atoms in total. The third-order valence-electron chi connectivity index (χ3n) is 8.66. The number of pyridine rings is 2. The Labute approximate surface area is 265 Å². The summed E-state index contributed by atoms with van der Waals surface area (Å²) in [5.41, 5.74) is 3.19. The van der Waals surface area contributed by atoms with Crippen molar-refractivity contribution in [1.82, 2.24) is 9.97 Å². The van der Waals surface area contributed by atoms with Gasteiger partial charge in [0.15, 0.2) is 0 Å². The van der Waals surface area contributed by atoms with Crippen molar-refractivity contribution in [3.05, 3.63) is 66.0 Å². The highest BCUT2D eigenvalue weighted by molar-refractivity contribution is 6.10. The summed E-state index contributed by atoms with van der Waals surface area (Å²) in [7, 11) is 3.21. The summed E-state index contributed by atoms with van der Waals surface area (Å²) in [6.45, 7) is 6.80. The molecule has 1 aliphatic heterocycles. The van der Waals surface area contributed by atoms with Crippen LogP contribution in [0.1, 0.15) is 67.8 Å². The number of carbonyl (C=O) groups excluding carboxylic acids is 1. The van der Waals surface area contributed by atoms with E-state index >= 15 is 0 Å². The van der Waals surface area contributed by atoms with E-state index in [4.69, 9.17) is 14.2 Å². The number of amides is 1. The van der Waals surface area contributed by atoms with E-state index < -0.39 is 5.97 Å². The van der Waals surface area contributed by atoms with Gasteiger partial charge in [-0.2, -0.15) is 0 Å². The molecule has 3 heterocycles. The van der Waals surface area contributed by atoms with E-state index in [1.165, 1.54) is 0 Å². The Balaban J connectivity index is 1.26. The highest BCUT2D eigenvalue weighted by Gasteiger charge is 2.34. The van der Waals surface area contributed by atoms with Crippen molar-refractivity contribution in [3.63, 3.8) is 0 Å². The van der Waals surface area contributed by atoms with E-state index in [1.807, 2.05) is 36.4 Å². The first-order valence-corrected chi connectivity index (χ1v) is 15.8. The Morgan fingerprint density at radius 3 is 2.38 bits per heavy atom. The van der Waals surface area contributed by atoms with Gasteiger partial charge in [0.2, 0.25) is 11.8 Å². The van der Waals surface area contributed by atoms with Crippen LogP contribution in [0.25, 0.3) is 0 Å². The zero-order valence-corrected chi connectivity index (χ0v) is 26.6. The lowest BCUT2D eigenvalue weighted by Crippen LogP contribution is -2.39. The number of anilines is 2. The molecular weight excluding hydrogens is 572 g/mol. The SMILES string of the molecule is COc1ccc(C(=O)N(CC(C)C)c2ccc(OC)nc2)c(N2CCC(COc3cc(C(CC(=O)O)C4CC4)ccn3)CC2)c1. The van der Waals surface area contributed by atoms with Gasteiger partial charge in [-0.15, -0.1) is 0 Å². The van der Waals surface area contributed by atoms with Crippen molar-refractivity contribution in [1.29, 1.82) is 0 Å². The molecule has 10 heteroatoms. The molecule has 45 heavy (non-hydrogen) atoms. The van der Waals surface area contributed by atoms with Gasteiger partial charge >= 0.3 is 5.97 Å². The monoisotopic (exact) mass is 616 g/mol. The standard InChI is InChI=1S/C35H44N4O6/c1-23(2)21-39(27-7-10-32(44-4)37-20-27)35(42)29-9-8-28(43-3)18-31(29)38-15-12-24(13-16-38)22-45-33-17-26(11-14-36-33)30(19-34(40)41)25-5-6-25/h7-11,14,17-18,20,23-25,30H,5-6,12-13,15-16,19,21-22H2,1-4H3,(H,40,41). The van der Waals surface area contributed by atoms with Gasteiger partial charge in [-0.3, -0.25) is 9.59 Å². The molecule has 2 aliphatic rings. The van der Waals surface area contributed by atoms with Crippen molar-refractivity contribution >= 4 is 23.3 Å². The van der Waals surface area contributed by atoms with Crippen LogP contribution in [0.2, 0.25) is 0 Å². The predicted octanol–water partition coefficient (Wildman–Crippen LogP) is 6.06. The molecule has 1 saturated carbocycles. The molecule has 1 aromatic carbocycles. The van der Waals surface area contributed by atoms with E-state index in [-0.39, 0.29) is 24.2 Å². The smallest absolute Gasteiger partial charge is 0.303 e. The molecule has 1 amide bonds. The van der Waals surface area contributed by atoms with Crippen molar-refractivity contribution in [3.8, 4) is 17.5 Å². The maximum absolute atomic E-state index is 14.1. The summed E-state index contributed by atoms with van der Waals surface area (Å²) in [5.74, 6) is 1.90. The Hall–Kier alpha value is -4.34. The zero-order chi connectivity index (χ0) is 31.9. The van der Waals surface area contributed by atoms with Gasteiger partial charge in [0.1, 0.15) is 5.75 Å². The topological polar surface area (TPSA) is 114 Å². The van der Waals surface area contributed by atoms with Crippen molar-refractivity contribution < 1.29 is 28.9 Å². The van der Waals surface area contributed by atoms with Crippen molar-refractivity contribution in [2.45, 2.75) is 51.9 Å². The van der Waals surface area contributed by atoms with Crippen molar-refractivity contribution in [2.24, 2.45) is 17.8 Å². The highest BCUT2D eigenvalue weighted by atomic mass is 16.5. The number of benzene rings is 1. The molecule has 2 aromatic heterocycles. The molecule has 3 aromatic rings. The van der Waals surface area contributed by atoms with Crippen LogP contribution in [0.3, 0.4) is 0 Å². The minimum atomic E-state index is -0.774. The minimum absolute atomic E-state index is 0.00769. The van der Waals surface area contributed by atoms with Crippen LogP contribution in [-0.2, 0) is 4.79 Å². The number of carboxylic acid groups (broad SMARTS) is 1. The lowest BCUT2D eigenvalue weighted by atomic mass is 9.92. The number of carboxylic acids is 1. The quantitative estimate of drug-likeness (QED) is 0.231. The number of aliphatic carboxylic acids is 1. The highest BCUT2D eigenvalue weighted by Crippen LogP contribution is 2.45. The first kappa shape index (κ1) is 32.1. The number of piperidine rings is 1. The van der Waals surface area contributed by atoms with E-state index in [9.17, 15) is 14.7 Å². The average molecular weight is 617 g/mol. The van der Waals surface area contributed by atoms with Crippen LogP contribution >= 0.6 is 0 Å². The summed E-state index contributed by atoms with van der Waals surface area (Å²) >= 11 is 0. The van der Waals surface area contributed by atoms with Crippen LogP contribution in [-0.4, -0.2) is 67.4 Å². The first-order valence-electron chi connectivity index (χ1n) is 15.8. The maximum Gasteiger partial charge on any atom is 0.303 e. The van der Waals surface area contributed by atoms with Crippen molar-refractivity contribution in [2.75, 3.05) is 50.3 Å². The lowest BCUT2D eigenvalue weighted by molar-refractivity contribution is -0.137. The molecule has 1 aliphatic carbocycles. The minimum Gasteiger partial charge on any atom is -0.497 e. The van der Waals surface area contributed by atoms with E-state index in [1.54, 1.807) is 37.6 Å². The predicted molar refractivity (Wildman–Crippen MR) is 173 cm³/mol. The number of aromatic nitrogens is 2. The fourth-order valence-corrected chi connectivity index (χ4v) is 6.07. The van der Waals surface area contributed by atoms with Gasteiger partial charge in [0.05, 0.1) is 50.4 Å². The average Bonchev–Trinajstić information content (AvgIpc) is 3.90. The third-order valence-corrected chi connectivity index (χ3v) is 8.66. The van der Waals surface area contributed by atoms with Crippen LogP contribution in [0.4, 0.5) is 11.4 Å². The summed E-state index contributed by atoms with van der Waals surface area (Å²) in [5, 5.41) is 9.39. The normalized spacial score (nSPS) is 15.9. The molecule has 0 bridgehead atoms. The second-order valence-corrected chi connectivity index (χ2v) is 12.5. The Bertz CT molecular complexity index is 1450. The van der Waals surface area contributed by atoms with Gasteiger partial charge in [0, 0.05) is 44.0 Å². The molecule has 1 N–H and O–H groups in total.